The lowest BCUT2D eigenvalue weighted by atomic mass is 10.2. The van der Waals surface area contributed by atoms with Gasteiger partial charge in [-0.1, -0.05) is 23.8 Å². The van der Waals surface area contributed by atoms with E-state index in [1.165, 1.54) is 0 Å². The molecule has 0 unspecified atom stereocenters. The Bertz CT molecular complexity index is 1080. The molecule has 3 rings (SSSR count). The number of aryl methyl sites for hydroxylation is 1. The van der Waals surface area contributed by atoms with Crippen LogP contribution in [0.2, 0.25) is 0 Å². The zero-order valence-electron chi connectivity index (χ0n) is 15.3. The minimum atomic E-state index is -3.71. The van der Waals surface area contributed by atoms with E-state index in [1.807, 2.05) is 37.4 Å². The Kier molecular flexibility index (Phi) is 6.38. The quantitative estimate of drug-likeness (QED) is 0.547. The standard InChI is InChI=1S/C19H19N3O3S3/c1-13-6-8-17(9-7-13)28(24,25)22-19-21-15(12-27-19)11-18(23)20-14-4-3-5-16(10-14)26-2/h3-10,12H,11H2,1-2H3,(H,20,23)(H,21,22). The van der Waals surface area contributed by atoms with Gasteiger partial charge in [-0.15, -0.1) is 23.1 Å². The number of sulfonamides is 1. The maximum Gasteiger partial charge on any atom is 0.263 e. The summed E-state index contributed by atoms with van der Waals surface area (Å²) in [6.45, 7) is 1.89. The van der Waals surface area contributed by atoms with Crippen molar-refractivity contribution in [1.82, 2.24) is 4.98 Å². The van der Waals surface area contributed by atoms with Crippen LogP contribution in [0.5, 0.6) is 0 Å². The van der Waals surface area contributed by atoms with Crippen molar-refractivity contribution in [1.29, 1.82) is 0 Å². The predicted octanol–water partition coefficient (Wildman–Crippen LogP) is 4.16. The molecule has 0 spiro atoms. The van der Waals surface area contributed by atoms with E-state index < -0.39 is 10.0 Å². The highest BCUT2D eigenvalue weighted by Gasteiger charge is 2.16. The number of benzene rings is 2. The SMILES string of the molecule is CSc1cccc(NC(=O)Cc2csc(NS(=O)(=O)c3ccc(C)cc3)n2)c1. The molecule has 1 heterocycles. The number of carbonyl (C=O) groups is 1. The Morgan fingerprint density at radius 3 is 2.64 bits per heavy atom. The second-order valence-corrected chi connectivity index (χ2v) is 9.44. The van der Waals surface area contributed by atoms with Gasteiger partial charge in [0.15, 0.2) is 5.13 Å². The third-order valence-electron chi connectivity index (χ3n) is 3.80. The van der Waals surface area contributed by atoms with Crippen molar-refractivity contribution in [2.75, 3.05) is 16.3 Å². The minimum Gasteiger partial charge on any atom is -0.326 e. The van der Waals surface area contributed by atoms with E-state index in [1.54, 1.807) is 41.4 Å². The number of amides is 1. The first-order valence-electron chi connectivity index (χ1n) is 8.33. The van der Waals surface area contributed by atoms with Gasteiger partial charge in [-0.3, -0.25) is 9.52 Å². The van der Waals surface area contributed by atoms with E-state index in [2.05, 4.69) is 15.0 Å². The number of thioether (sulfide) groups is 1. The number of thiazole rings is 1. The van der Waals surface area contributed by atoms with E-state index >= 15 is 0 Å². The highest BCUT2D eigenvalue weighted by Crippen LogP contribution is 2.22. The second kappa shape index (κ2) is 8.76. The van der Waals surface area contributed by atoms with Gasteiger partial charge in [0.2, 0.25) is 5.91 Å². The number of rotatable bonds is 7. The molecule has 28 heavy (non-hydrogen) atoms. The van der Waals surface area contributed by atoms with Crippen molar-refractivity contribution >= 4 is 49.8 Å². The number of nitrogens with one attached hydrogen (secondary N) is 2. The van der Waals surface area contributed by atoms with Crippen molar-refractivity contribution < 1.29 is 13.2 Å². The topological polar surface area (TPSA) is 88.2 Å². The van der Waals surface area contributed by atoms with Crippen LogP contribution in [0.25, 0.3) is 0 Å². The fraction of sp³-hybridized carbons (Fsp3) is 0.158. The highest BCUT2D eigenvalue weighted by atomic mass is 32.2. The van der Waals surface area contributed by atoms with Crippen molar-refractivity contribution in [3.05, 3.63) is 65.2 Å². The van der Waals surface area contributed by atoms with Crippen LogP contribution in [0, 0.1) is 6.92 Å². The largest absolute Gasteiger partial charge is 0.326 e. The van der Waals surface area contributed by atoms with Crippen LogP contribution in [-0.4, -0.2) is 25.6 Å². The minimum absolute atomic E-state index is 0.0618. The Hall–Kier alpha value is -2.36. The van der Waals surface area contributed by atoms with Gasteiger partial charge in [-0.2, -0.15) is 0 Å². The van der Waals surface area contributed by atoms with Crippen LogP contribution in [-0.2, 0) is 21.2 Å². The first-order valence-corrected chi connectivity index (χ1v) is 11.9. The number of hydrogen-bond donors (Lipinski definition) is 2. The highest BCUT2D eigenvalue weighted by molar-refractivity contribution is 7.98. The molecule has 0 aliphatic rings. The lowest BCUT2D eigenvalue weighted by molar-refractivity contribution is -0.115. The van der Waals surface area contributed by atoms with Gasteiger partial charge in [-0.25, -0.2) is 13.4 Å². The predicted molar refractivity (Wildman–Crippen MR) is 115 cm³/mol. The summed E-state index contributed by atoms with van der Waals surface area (Å²) in [5.41, 5.74) is 2.20. The third kappa shape index (κ3) is 5.34. The van der Waals surface area contributed by atoms with E-state index in [9.17, 15) is 13.2 Å². The van der Waals surface area contributed by atoms with Gasteiger partial charge in [0.1, 0.15) is 0 Å². The van der Waals surface area contributed by atoms with Crippen molar-refractivity contribution in [3.8, 4) is 0 Å². The molecule has 3 aromatic rings. The first kappa shape index (κ1) is 20.4. The Morgan fingerprint density at radius 1 is 1.18 bits per heavy atom. The van der Waals surface area contributed by atoms with E-state index in [0.717, 1.165) is 21.8 Å². The molecule has 1 amide bonds. The molecular weight excluding hydrogens is 414 g/mol. The molecule has 0 saturated heterocycles. The summed E-state index contributed by atoms with van der Waals surface area (Å²) in [4.78, 5) is 17.7. The summed E-state index contributed by atoms with van der Waals surface area (Å²) in [6.07, 6.45) is 2.03. The molecule has 0 radical (unpaired) electrons. The molecular formula is C19H19N3O3S3. The van der Waals surface area contributed by atoms with Crippen LogP contribution in [0.4, 0.5) is 10.8 Å². The molecule has 0 fully saturated rings. The van der Waals surface area contributed by atoms with Gasteiger partial charge >= 0.3 is 0 Å². The monoisotopic (exact) mass is 433 g/mol. The maximum absolute atomic E-state index is 12.4. The second-order valence-electron chi connectivity index (χ2n) is 6.02. The Morgan fingerprint density at radius 2 is 1.93 bits per heavy atom. The molecule has 0 saturated carbocycles. The first-order chi connectivity index (χ1) is 13.4. The smallest absolute Gasteiger partial charge is 0.263 e. The molecule has 146 valence electrons. The Labute approximate surface area is 172 Å². The average Bonchev–Trinajstić information content (AvgIpc) is 3.08. The maximum atomic E-state index is 12.4. The molecule has 0 aliphatic heterocycles. The zero-order valence-corrected chi connectivity index (χ0v) is 17.7. The van der Waals surface area contributed by atoms with Crippen LogP contribution in [0.1, 0.15) is 11.3 Å². The summed E-state index contributed by atoms with van der Waals surface area (Å²) in [5.74, 6) is -0.212. The lowest BCUT2D eigenvalue weighted by Gasteiger charge is -2.06. The third-order valence-corrected chi connectivity index (χ3v) is 6.82. The normalized spacial score (nSPS) is 11.2. The van der Waals surface area contributed by atoms with Gasteiger partial charge in [0.05, 0.1) is 17.0 Å². The summed E-state index contributed by atoms with van der Waals surface area (Å²) in [6, 6.07) is 14.1. The number of nitrogens with zero attached hydrogens (tertiary/aromatic N) is 1. The Balaban J connectivity index is 1.63. The van der Waals surface area contributed by atoms with Crippen molar-refractivity contribution in [3.63, 3.8) is 0 Å². The van der Waals surface area contributed by atoms with Crippen LogP contribution >= 0.6 is 23.1 Å². The fourth-order valence-corrected chi connectivity index (χ4v) is 4.82. The average molecular weight is 434 g/mol. The molecule has 0 bridgehead atoms. The number of anilines is 2. The molecule has 9 heteroatoms. The summed E-state index contributed by atoms with van der Waals surface area (Å²) >= 11 is 2.74. The fourth-order valence-electron chi connectivity index (χ4n) is 2.40. The zero-order chi connectivity index (χ0) is 20.1. The summed E-state index contributed by atoms with van der Waals surface area (Å²) in [7, 11) is -3.71. The van der Waals surface area contributed by atoms with E-state index in [4.69, 9.17) is 0 Å². The van der Waals surface area contributed by atoms with Crippen LogP contribution in [0.3, 0.4) is 0 Å². The lowest BCUT2D eigenvalue weighted by Crippen LogP contribution is -2.15. The van der Waals surface area contributed by atoms with Crippen molar-refractivity contribution in [2.45, 2.75) is 23.1 Å². The van der Waals surface area contributed by atoms with Crippen molar-refractivity contribution in [2.24, 2.45) is 0 Å². The van der Waals surface area contributed by atoms with Gasteiger partial charge in [0, 0.05) is 16.0 Å². The molecule has 6 nitrogen and oxygen atoms in total. The molecule has 0 aliphatic carbocycles. The molecule has 2 N–H and O–H groups in total. The molecule has 0 atom stereocenters. The van der Waals surface area contributed by atoms with Gasteiger partial charge in [0.25, 0.3) is 10.0 Å². The number of hydrogen-bond acceptors (Lipinski definition) is 6. The molecule has 1 aromatic heterocycles. The van der Waals surface area contributed by atoms with Gasteiger partial charge in [-0.05, 0) is 43.5 Å². The van der Waals surface area contributed by atoms with Crippen LogP contribution in [0.15, 0.2) is 63.7 Å². The summed E-state index contributed by atoms with van der Waals surface area (Å²) < 4.78 is 27.3. The van der Waals surface area contributed by atoms with E-state index in [-0.39, 0.29) is 22.4 Å². The number of aromatic nitrogens is 1. The molecule has 2 aromatic carbocycles. The van der Waals surface area contributed by atoms with E-state index in [0.29, 0.717) is 11.4 Å². The summed E-state index contributed by atoms with van der Waals surface area (Å²) in [5, 5.41) is 4.73. The van der Waals surface area contributed by atoms with Gasteiger partial charge < -0.3 is 5.32 Å². The van der Waals surface area contributed by atoms with Crippen LogP contribution < -0.4 is 10.0 Å². The number of carbonyl (C=O) groups excluding carboxylic acids is 1.